The second kappa shape index (κ2) is 3.59. The minimum Gasteiger partial charge on any atom is -0.321 e. The van der Waals surface area contributed by atoms with E-state index in [4.69, 9.17) is 5.73 Å². The van der Waals surface area contributed by atoms with E-state index in [2.05, 4.69) is 31.2 Å². The van der Waals surface area contributed by atoms with Crippen LogP contribution in [-0.4, -0.2) is 0 Å². The van der Waals surface area contributed by atoms with Crippen molar-refractivity contribution in [3.05, 3.63) is 35.4 Å². The van der Waals surface area contributed by atoms with Crippen LogP contribution in [-0.2, 0) is 12.0 Å². The average Bonchev–Trinajstić information content (AvgIpc) is 2.29. The monoisotopic (exact) mass is 215 g/mol. The highest BCUT2D eigenvalue weighted by Crippen LogP contribution is 2.47. The van der Waals surface area contributed by atoms with Gasteiger partial charge in [-0.15, -0.1) is 0 Å². The van der Waals surface area contributed by atoms with Gasteiger partial charge in [0.2, 0.25) is 0 Å². The number of nitrogens with two attached hydrogens (primary N) is 1. The Labute approximate surface area is 98.0 Å². The number of hydrogen-bond acceptors (Lipinski definition) is 1. The van der Waals surface area contributed by atoms with Gasteiger partial charge in [-0.05, 0) is 49.1 Å². The van der Waals surface area contributed by atoms with Gasteiger partial charge < -0.3 is 5.73 Å². The lowest BCUT2D eigenvalue weighted by molar-refractivity contribution is 0.125. The molecule has 3 rings (SSSR count). The Morgan fingerprint density at radius 3 is 2.81 bits per heavy atom. The first-order valence-electron chi connectivity index (χ1n) is 6.57. The highest BCUT2D eigenvalue weighted by molar-refractivity contribution is 5.37. The van der Waals surface area contributed by atoms with Gasteiger partial charge >= 0.3 is 0 Å². The molecule has 1 heteroatoms. The maximum atomic E-state index is 6.64. The summed E-state index contributed by atoms with van der Waals surface area (Å²) in [5, 5.41) is 0. The van der Waals surface area contributed by atoms with Gasteiger partial charge in [0.05, 0.1) is 0 Å². The summed E-state index contributed by atoms with van der Waals surface area (Å²) in [7, 11) is 0. The highest BCUT2D eigenvalue weighted by Gasteiger charge is 2.43. The standard InChI is InChI=1S/C15H21N/c1-15(16)13-8-4-2-6-11(13)10-12-7-3-5-9-14(12)15/h2,4,6,8,12,14H,3,5,7,9-10,16H2,1H3/t12?,14?,15-/m0/s1. The summed E-state index contributed by atoms with van der Waals surface area (Å²) in [4.78, 5) is 0. The minimum atomic E-state index is -0.0973. The average molecular weight is 215 g/mol. The lowest BCUT2D eigenvalue weighted by Crippen LogP contribution is -2.49. The molecule has 0 amide bonds. The Kier molecular flexibility index (Phi) is 2.32. The third kappa shape index (κ3) is 1.41. The van der Waals surface area contributed by atoms with E-state index < -0.39 is 0 Å². The predicted octanol–water partition coefficient (Wildman–Crippen LogP) is 3.22. The largest absolute Gasteiger partial charge is 0.321 e. The number of rotatable bonds is 0. The molecule has 1 aromatic rings. The van der Waals surface area contributed by atoms with Crippen LogP contribution in [0.15, 0.2) is 24.3 Å². The van der Waals surface area contributed by atoms with Crippen molar-refractivity contribution in [2.45, 2.75) is 44.6 Å². The fourth-order valence-corrected chi connectivity index (χ4v) is 3.95. The Balaban J connectivity index is 2.07. The molecule has 2 aliphatic carbocycles. The highest BCUT2D eigenvalue weighted by atomic mass is 14.8. The molecule has 0 saturated heterocycles. The predicted molar refractivity (Wildman–Crippen MR) is 67.1 cm³/mol. The first-order valence-corrected chi connectivity index (χ1v) is 6.57. The topological polar surface area (TPSA) is 26.0 Å². The first kappa shape index (κ1) is 10.3. The molecule has 1 nitrogen and oxygen atoms in total. The minimum absolute atomic E-state index is 0.0973. The van der Waals surface area contributed by atoms with Crippen LogP contribution in [0.25, 0.3) is 0 Å². The molecule has 0 radical (unpaired) electrons. The first-order chi connectivity index (χ1) is 7.69. The van der Waals surface area contributed by atoms with Gasteiger partial charge in [-0.25, -0.2) is 0 Å². The zero-order valence-electron chi connectivity index (χ0n) is 10.1. The molecule has 2 unspecified atom stereocenters. The van der Waals surface area contributed by atoms with Crippen LogP contribution in [0.1, 0.15) is 43.7 Å². The summed E-state index contributed by atoms with van der Waals surface area (Å²) in [6.07, 6.45) is 6.74. The van der Waals surface area contributed by atoms with Crippen molar-refractivity contribution < 1.29 is 0 Å². The summed E-state index contributed by atoms with van der Waals surface area (Å²) in [5.74, 6) is 1.54. The summed E-state index contributed by atoms with van der Waals surface area (Å²) in [6.45, 7) is 2.24. The van der Waals surface area contributed by atoms with Gasteiger partial charge in [0, 0.05) is 5.54 Å². The molecular formula is C15H21N. The van der Waals surface area contributed by atoms with E-state index >= 15 is 0 Å². The van der Waals surface area contributed by atoms with Gasteiger partial charge in [-0.1, -0.05) is 37.1 Å². The molecule has 0 heterocycles. The molecule has 2 aliphatic rings. The second-order valence-electron chi connectivity index (χ2n) is 5.79. The second-order valence-corrected chi connectivity index (χ2v) is 5.79. The summed E-state index contributed by atoms with van der Waals surface area (Å²) >= 11 is 0. The van der Waals surface area contributed by atoms with Gasteiger partial charge in [0.25, 0.3) is 0 Å². The summed E-state index contributed by atoms with van der Waals surface area (Å²) in [5.41, 5.74) is 9.44. The zero-order chi connectivity index (χ0) is 11.2. The molecular weight excluding hydrogens is 194 g/mol. The molecule has 0 bridgehead atoms. The van der Waals surface area contributed by atoms with Gasteiger partial charge in [0.15, 0.2) is 0 Å². The molecule has 3 atom stereocenters. The van der Waals surface area contributed by atoms with Crippen molar-refractivity contribution in [1.29, 1.82) is 0 Å². The molecule has 0 spiro atoms. The van der Waals surface area contributed by atoms with Crippen LogP contribution in [0.3, 0.4) is 0 Å². The van der Waals surface area contributed by atoms with E-state index in [9.17, 15) is 0 Å². The lowest BCUT2D eigenvalue weighted by atomic mass is 9.60. The molecule has 0 aliphatic heterocycles. The lowest BCUT2D eigenvalue weighted by Gasteiger charge is -2.47. The quantitative estimate of drug-likeness (QED) is 0.706. The van der Waals surface area contributed by atoms with Gasteiger partial charge in [0.1, 0.15) is 0 Å². The Bertz CT molecular complexity index is 394. The van der Waals surface area contributed by atoms with Crippen molar-refractivity contribution in [2.24, 2.45) is 17.6 Å². The number of fused-ring (bicyclic) bond motifs is 2. The van der Waals surface area contributed by atoms with Gasteiger partial charge in [-0.2, -0.15) is 0 Å². The molecule has 1 saturated carbocycles. The molecule has 0 aromatic heterocycles. The van der Waals surface area contributed by atoms with E-state index in [-0.39, 0.29) is 5.54 Å². The number of hydrogen-bond donors (Lipinski definition) is 1. The van der Waals surface area contributed by atoms with Crippen molar-refractivity contribution in [3.8, 4) is 0 Å². The van der Waals surface area contributed by atoms with Crippen LogP contribution in [0.4, 0.5) is 0 Å². The van der Waals surface area contributed by atoms with Crippen LogP contribution >= 0.6 is 0 Å². The van der Waals surface area contributed by atoms with Gasteiger partial charge in [-0.3, -0.25) is 0 Å². The third-order valence-corrected chi connectivity index (χ3v) is 4.76. The summed E-state index contributed by atoms with van der Waals surface area (Å²) in [6, 6.07) is 8.79. The molecule has 2 N–H and O–H groups in total. The molecule has 86 valence electrons. The maximum Gasteiger partial charge on any atom is 0.0415 e. The maximum absolute atomic E-state index is 6.64. The molecule has 1 aromatic carbocycles. The fourth-order valence-electron chi connectivity index (χ4n) is 3.95. The summed E-state index contributed by atoms with van der Waals surface area (Å²) < 4.78 is 0. The van der Waals surface area contributed by atoms with E-state index in [1.165, 1.54) is 43.2 Å². The normalized spacial score (nSPS) is 37.6. The molecule has 1 fully saturated rings. The van der Waals surface area contributed by atoms with E-state index in [0.717, 1.165) is 5.92 Å². The Morgan fingerprint density at radius 1 is 1.19 bits per heavy atom. The van der Waals surface area contributed by atoms with Crippen LogP contribution in [0.5, 0.6) is 0 Å². The number of benzene rings is 1. The van der Waals surface area contributed by atoms with Crippen LogP contribution < -0.4 is 5.73 Å². The fraction of sp³-hybridized carbons (Fsp3) is 0.600. The SMILES string of the molecule is C[C@]1(N)c2ccccc2CC2CCCCC21. The van der Waals surface area contributed by atoms with E-state index in [1.54, 1.807) is 0 Å². The zero-order valence-corrected chi connectivity index (χ0v) is 10.1. The third-order valence-electron chi connectivity index (χ3n) is 4.76. The van der Waals surface area contributed by atoms with E-state index in [0.29, 0.717) is 5.92 Å². The van der Waals surface area contributed by atoms with Crippen molar-refractivity contribution in [3.63, 3.8) is 0 Å². The molecule has 16 heavy (non-hydrogen) atoms. The van der Waals surface area contributed by atoms with Crippen molar-refractivity contribution >= 4 is 0 Å². The Morgan fingerprint density at radius 2 is 1.94 bits per heavy atom. The Hall–Kier alpha value is -0.820. The van der Waals surface area contributed by atoms with E-state index in [1.807, 2.05) is 0 Å². The van der Waals surface area contributed by atoms with Crippen LogP contribution in [0.2, 0.25) is 0 Å². The van der Waals surface area contributed by atoms with Crippen LogP contribution in [0, 0.1) is 11.8 Å². The van der Waals surface area contributed by atoms with Crippen molar-refractivity contribution in [2.75, 3.05) is 0 Å². The smallest absolute Gasteiger partial charge is 0.0415 e. The van der Waals surface area contributed by atoms with Crippen molar-refractivity contribution in [1.82, 2.24) is 0 Å².